The van der Waals surface area contributed by atoms with Gasteiger partial charge in [0.1, 0.15) is 5.78 Å². The first-order valence-electron chi connectivity index (χ1n) is 4.23. The SMILES string of the molecule is CC1C(=O)C(C)C(C(=O)O)C1C. The highest BCUT2D eigenvalue weighted by molar-refractivity contribution is 5.91. The third-order valence-corrected chi connectivity index (χ3v) is 3.08. The Balaban J connectivity index is 2.90. The zero-order chi connectivity index (χ0) is 9.46. The van der Waals surface area contributed by atoms with Crippen molar-refractivity contribution in [3.05, 3.63) is 0 Å². The summed E-state index contributed by atoms with van der Waals surface area (Å²) in [5, 5.41) is 8.84. The molecule has 1 N–H and O–H groups in total. The Morgan fingerprint density at radius 2 is 1.75 bits per heavy atom. The second-order valence-electron chi connectivity index (χ2n) is 3.70. The van der Waals surface area contributed by atoms with Crippen LogP contribution in [0.15, 0.2) is 0 Å². The minimum Gasteiger partial charge on any atom is -0.481 e. The van der Waals surface area contributed by atoms with Crippen molar-refractivity contribution in [1.29, 1.82) is 0 Å². The van der Waals surface area contributed by atoms with E-state index in [1.165, 1.54) is 0 Å². The first kappa shape index (κ1) is 9.23. The van der Waals surface area contributed by atoms with Crippen LogP contribution in [0.1, 0.15) is 20.8 Å². The van der Waals surface area contributed by atoms with Gasteiger partial charge >= 0.3 is 5.97 Å². The molecule has 0 bridgehead atoms. The molecule has 4 unspecified atom stereocenters. The number of aliphatic carboxylic acids is 1. The highest BCUT2D eigenvalue weighted by Crippen LogP contribution is 2.38. The van der Waals surface area contributed by atoms with E-state index in [2.05, 4.69) is 0 Å². The van der Waals surface area contributed by atoms with Crippen LogP contribution in [0.3, 0.4) is 0 Å². The highest BCUT2D eigenvalue weighted by atomic mass is 16.4. The van der Waals surface area contributed by atoms with Gasteiger partial charge in [0, 0.05) is 11.8 Å². The van der Waals surface area contributed by atoms with Crippen molar-refractivity contribution in [1.82, 2.24) is 0 Å². The summed E-state index contributed by atoms with van der Waals surface area (Å²) >= 11 is 0. The molecule has 3 nitrogen and oxygen atoms in total. The zero-order valence-corrected chi connectivity index (χ0v) is 7.57. The van der Waals surface area contributed by atoms with Crippen LogP contribution in [0.4, 0.5) is 0 Å². The molecule has 68 valence electrons. The van der Waals surface area contributed by atoms with Gasteiger partial charge < -0.3 is 5.11 Å². The Kier molecular flexibility index (Phi) is 2.22. The maximum Gasteiger partial charge on any atom is 0.307 e. The number of hydrogen-bond donors (Lipinski definition) is 1. The van der Waals surface area contributed by atoms with E-state index in [0.717, 1.165) is 0 Å². The number of carboxylic acids is 1. The molecule has 0 aromatic rings. The predicted molar refractivity (Wildman–Crippen MR) is 43.6 cm³/mol. The Bertz CT molecular complexity index is 222. The van der Waals surface area contributed by atoms with Gasteiger partial charge in [0.05, 0.1) is 5.92 Å². The minimum atomic E-state index is -0.840. The first-order chi connectivity index (χ1) is 5.46. The quantitative estimate of drug-likeness (QED) is 0.642. The summed E-state index contributed by atoms with van der Waals surface area (Å²) in [7, 11) is 0. The fraction of sp³-hybridized carbons (Fsp3) is 0.778. The Morgan fingerprint density at radius 3 is 1.92 bits per heavy atom. The van der Waals surface area contributed by atoms with Crippen molar-refractivity contribution in [2.24, 2.45) is 23.7 Å². The number of ketones is 1. The molecule has 0 aliphatic heterocycles. The predicted octanol–water partition coefficient (Wildman–Crippen LogP) is 1.18. The van der Waals surface area contributed by atoms with E-state index in [-0.39, 0.29) is 23.5 Å². The maximum atomic E-state index is 11.4. The van der Waals surface area contributed by atoms with E-state index < -0.39 is 11.9 Å². The van der Waals surface area contributed by atoms with Crippen LogP contribution in [0.2, 0.25) is 0 Å². The van der Waals surface area contributed by atoms with E-state index in [1.807, 2.05) is 13.8 Å². The lowest BCUT2D eigenvalue weighted by Crippen LogP contribution is -2.23. The molecule has 12 heavy (non-hydrogen) atoms. The van der Waals surface area contributed by atoms with E-state index >= 15 is 0 Å². The zero-order valence-electron chi connectivity index (χ0n) is 7.57. The fourth-order valence-electron chi connectivity index (χ4n) is 2.06. The Morgan fingerprint density at radius 1 is 1.25 bits per heavy atom. The highest BCUT2D eigenvalue weighted by Gasteiger charge is 2.46. The molecule has 1 saturated carbocycles. The van der Waals surface area contributed by atoms with Crippen molar-refractivity contribution in [2.45, 2.75) is 20.8 Å². The van der Waals surface area contributed by atoms with Gasteiger partial charge in [-0.3, -0.25) is 9.59 Å². The van der Waals surface area contributed by atoms with Gasteiger partial charge in [0.2, 0.25) is 0 Å². The molecule has 0 saturated heterocycles. The molecule has 0 aromatic carbocycles. The molecule has 1 aliphatic carbocycles. The number of carboxylic acid groups (broad SMARTS) is 1. The summed E-state index contributed by atoms with van der Waals surface area (Å²) in [6, 6.07) is 0. The minimum absolute atomic E-state index is 0.0231. The fourth-order valence-corrected chi connectivity index (χ4v) is 2.06. The molecule has 1 aliphatic rings. The van der Waals surface area contributed by atoms with Crippen molar-refractivity contribution in [3.63, 3.8) is 0 Å². The molecule has 1 fully saturated rings. The largest absolute Gasteiger partial charge is 0.481 e. The molecule has 1 rings (SSSR count). The third-order valence-electron chi connectivity index (χ3n) is 3.08. The third kappa shape index (κ3) is 1.13. The number of carbonyl (C=O) groups excluding carboxylic acids is 1. The molecule has 0 amide bonds. The van der Waals surface area contributed by atoms with Gasteiger partial charge in [0.25, 0.3) is 0 Å². The van der Waals surface area contributed by atoms with Gasteiger partial charge in [0.15, 0.2) is 0 Å². The molecular formula is C9H14O3. The number of hydrogen-bond acceptors (Lipinski definition) is 2. The van der Waals surface area contributed by atoms with Crippen molar-refractivity contribution < 1.29 is 14.7 Å². The second kappa shape index (κ2) is 2.88. The summed E-state index contributed by atoms with van der Waals surface area (Å²) in [6.07, 6.45) is 0. The smallest absolute Gasteiger partial charge is 0.307 e. The van der Waals surface area contributed by atoms with E-state index in [9.17, 15) is 9.59 Å². The van der Waals surface area contributed by atoms with Crippen LogP contribution in [0.5, 0.6) is 0 Å². The van der Waals surface area contributed by atoms with E-state index in [0.29, 0.717) is 0 Å². The monoisotopic (exact) mass is 170 g/mol. The Labute approximate surface area is 71.8 Å². The summed E-state index contributed by atoms with van der Waals surface area (Å²) in [5.41, 5.74) is 0. The van der Waals surface area contributed by atoms with Gasteiger partial charge in [-0.2, -0.15) is 0 Å². The van der Waals surface area contributed by atoms with Crippen molar-refractivity contribution >= 4 is 11.8 Å². The molecular weight excluding hydrogens is 156 g/mol. The Hall–Kier alpha value is -0.860. The molecule has 0 aromatic heterocycles. The normalized spacial score (nSPS) is 41.8. The lowest BCUT2D eigenvalue weighted by Gasteiger charge is -2.13. The lowest BCUT2D eigenvalue weighted by molar-refractivity contribution is -0.145. The van der Waals surface area contributed by atoms with Crippen molar-refractivity contribution in [3.8, 4) is 0 Å². The lowest BCUT2D eigenvalue weighted by atomic mass is 9.90. The van der Waals surface area contributed by atoms with Crippen LogP contribution in [-0.2, 0) is 9.59 Å². The molecule has 0 heterocycles. The van der Waals surface area contributed by atoms with Gasteiger partial charge in [-0.25, -0.2) is 0 Å². The molecule has 4 atom stereocenters. The molecule has 0 spiro atoms. The first-order valence-corrected chi connectivity index (χ1v) is 4.23. The number of rotatable bonds is 1. The van der Waals surface area contributed by atoms with E-state index in [1.54, 1.807) is 6.92 Å². The second-order valence-corrected chi connectivity index (χ2v) is 3.70. The average Bonchev–Trinajstić information content (AvgIpc) is 2.16. The topological polar surface area (TPSA) is 54.4 Å². The molecule has 0 radical (unpaired) electrons. The summed E-state index contributed by atoms with van der Waals surface area (Å²) in [6.45, 7) is 5.36. The standard InChI is InChI=1S/C9H14O3/c1-4-5(2)8(10)6(3)7(4)9(11)12/h4-7H,1-3H3,(H,11,12). The summed E-state index contributed by atoms with van der Waals surface area (Å²) in [4.78, 5) is 22.1. The van der Waals surface area contributed by atoms with Crippen LogP contribution in [0, 0.1) is 23.7 Å². The number of Topliss-reactive ketones (excluding diaryl/α,β-unsaturated/α-hetero) is 1. The van der Waals surface area contributed by atoms with Crippen LogP contribution in [-0.4, -0.2) is 16.9 Å². The van der Waals surface area contributed by atoms with Crippen LogP contribution in [0.25, 0.3) is 0 Å². The van der Waals surface area contributed by atoms with E-state index in [4.69, 9.17) is 5.11 Å². The van der Waals surface area contributed by atoms with Gasteiger partial charge in [-0.05, 0) is 5.92 Å². The maximum absolute atomic E-state index is 11.4. The van der Waals surface area contributed by atoms with Crippen LogP contribution < -0.4 is 0 Å². The van der Waals surface area contributed by atoms with Gasteiger partial charge in [-0.15, -0.1) is 0 Å². The summed E-state index contributed by atoms with van der Waals surface area (Å²) in [5.74, 6) is -1.66. The summed E-state index contributed by atoms with van der Waals surface area (Å²) < 4.78 is 0. The van der Waals surface area contributed by atoms with Crippen LogP contribution >= 0.6 is 0 Å². The number of carbonyl (C=O) groups is 2. The van der Waals surface area contributed by atoms with Gasteiger partial charge in [-0.1, -0.05) is 20.8 Å². The average molecular weight is 170 g/mol. The molecule has 3 heteroatoms. The van der Waals surface area contributed by atoms with Crippen molar-refractivity contribution in [2.75, 3.05) is 0 Å².